The van der Waals surface area contributed by atoms with Crippen molar-refractivity contribution in [1.82, 2.24) is 19.9 Å². The minimum atomic E-state index is -0.296. The van der Waals surface area contributed by atoms with Crippen molar-refractivity contribution >= 4 is 29.2 Å². The summed E-state index contributed by atoms with van der Waals surface area (Å²) in [6.45, 7) is 6.95. The third-order valence-electron chi connectivity index (χ3n) is 6.35. The van der Waals surface area contributed by atoms with Crippen LogP contribution in [0.2, 0.25) is 5.15 Å². The number of anilines is 2. The minimum Gasteiger partial charge on any atom is -0.496 e. The highest BCUT2D eigenvalue weighted by Gasteiger charge is 2.37. The van der Waals surface area contributed by atoms with Crippen molar-refractivity contribution in [3.05, 3.63) is 33.7 Å². The van der Waals surface area contributed by atoms with Crippen LogP contribution in [0.4, 0.5) is 11.8 Å². The number of ether oxygens (including phenoxy) is 1. The molecule has 32 heavy (non-hydrogen) atoms. The van der Waals surface area contributed by atoms with Crippen LogP contribution in [0.25, 0.3) is 0 Å². The lowest BCUT2D eigenvalue weighted by atomic mass is 9.92. The highest BCUT2D eigenvalue weighted by atomic mass is 35.5. The number of likely N-dealkylation sites (tertiary alicyclic amines) is 1. The highest BCUT2D eigenvalue weighted by Crippen LogP contribution is 2.35. The van der Waals surface area contributed by atoms with Crippen LogP contribution in [0.15, 0.2) is 6.20 Å². The van der Waals surface area contributed by atoms with Crippen molar-refractivity contribution in [3.63, 3.8) is 0 Å². The molecule has 4 rings (SSSR count). The van der Waals surface area contributed by atoms with Crippen LogP contribution in [-0.2, 0) is 6.54 Å². The molecule has 1 saturated heterocycles. The molecule has 0 radical (unpaired) electrons. The Bertz CT molecular complexity index is 1030. The van der Waals surface area contributed by atoms with Crippen molar-refractivity contribution in [3.8, 4) is 5.75 Å². The molecule has 172 valence electrons. The van der Waals surface area contributed by atoms with Crippen LogP contribution in [-0.4, -0.2) is 70.1 Å². The average molecular weight is 461 g/mol. The number of nitrogen functional groups attached to an aromatic ring is 1. The van der Waals surface area contributed by atoms with Gasteiger partial charge < -0.3 is 25.4 Å². The first-order valence-electron chi connectivity index (χ1n) is 10.8. The number of hydrogen-bond donors (Lipinski definition) is 2. The number of carbonyl (C=O) groups excluding carboxylic acids is 1. The molecule has 4 heterocycles. The van der Waals surface area contributed by atoms with Gasteiger partial charge in [-0.2, -0.15) is 4.98 Å². The van der Waals surface area contributed by atoms with Crippen LogP contribution in [0.3, 0.4) is 0 Å². The maximum atomic E-state index is 13.4. The first-order chi connectivity index (χ1) is 15.3. The van der Waals surface area contributed by atoms with Gasteiger partial charge in [-0.05, 0) is 26.7 Å². The fraction of sp³-hybridized carbons (Fsp3) is 0.545. The van der Waals surface area contributed by atoms with Crippen LogP contribution >= 0.6 is 11.6 Å². The van der Waals surface area contributed by atoms with Crippen molar-refractivity contribution in [1.29, 1.82) is 0 Å². The predicted molar refractivity (Wildman–Crippen MR) is 122 cm³/mol. The maximum Gasteiger partial charge on any atom is 0.223 e. The van der Waals surface area contributed by atoms with Gasteiger partial charge in [0, 0.05) is 43.5 Å². The number of Topliss-reactive ketones (excluding diaryl/α,β-unsaturated/α-hetero) is 1. The topological polar surface area (TPSA) is 118 Å². The Morgan fingerprint density at radius 3 is 2.69 bits per heavy atom. The highest BCUT2D eigenvalue weighted by molar-refractivity contribution is 6.34. The second-order valence-corrected chi connectivity index (χ2v) is 8.95. The maximum absolute atomic E-state index is 13.4. The lowest BCUT2D eigenvalue weighted by molar-refractivity contribution is 0.0676. The summed E-state index contributed by atoms with van der Waals surface area (Å²) in [5.74, 6) is 0.903. The minimum absolute atomic E-state index is 0.0289. The van der Waals surface area contributed by atoms with Gasteiger partial charge in [-0.3, -0.25) is 9.78 Å². The number of pyridine rings is 1. The molecule has 10 heteroatoms. The molecule has 9 nitrogen and oxygen atoms in total. The molecular weight excluding hydrogens is 432 g/mol. The fourth-order valence-electron chi connectivity index (χ4n) is 4.62. The second-order valence-electron chi connectivity index (χ2n) is 8.59. The zero-order valence-corrected chi connectivity index (χ0v) is 19.4. The molecule has 3 N–H and O–H groups in total. The van der Waals surface area contributed by atoms with E-state index >= 15 is 0 Å². The van der Waals surface area contributed by atoms with Gasteiger partial charge in [-0.25, -0.2) is 4.98 Å². The number of carbonyl (C=O) groups is 1. The van der Waals surface area contributed by atoms with E-state index in [1.807, 2.05) is 18.7 Å². The number of aliphatic hydroxyl groups is 1. The van der Waals surface area contributed by atoms with Gasteiger partial charge in [0.1, 0.15) is 16.7 Å². The lowest BCUT2D eigenvalue weighted by Gasteiger charge is -2.38. The predicted octanol–water partition coefficient (Wildman–Crippen LogP) is 2.01. The number of nitrogens with two attached hydrogens (primary N) is 1. The van der Waals surface area contributed by atoms with E-state index in [4.69, 9.17) is 22.1 Å². The van der Waals surface area contributed by atoms with Gasteiger partial charge in [0.05, 0.1) is 36.9 Å². The SMILES string of the molecule is COc1c(C)cnc(CN2CC(CN3CCC(O)CC3)C(=O)c3c(Cl)nc(N)nc32)c1C. The number of nitrogens with zero attached hydrogens (tertiary/aromatic N) is 5. The van der Waals surface area contributed by atoms with Gasteiger partial charge in [-0.15, -0.1) is 0 Å². The molecule has 0 amide bonds. The molecule has 2 aliphatic rings. The number of fused-ring (bicyclic) bond motifs is 1. The second kappa shape index (κ2) is 9.17. The largest absolute Gasteiger partial charge is 0.496 e. The first kappa shape index (κ1) is 22.7. The molecule has 0 aliphatic carbocycles. The van der Waals surface area contributed by atoms with Crippen molar-refractivity contribution in [2.75, 3.05) is 43.9 Å². The Morgan fingerprint density at radius 2 is 2.00 bits per heavy atom. The number of methoxy groups -OCH3 is 1. The molecule has 0 saturated carbocycles. The van der Waals surface area contributed by atoms with Crippen LogP contribution < -0.4 is 15.4 Å². The smallest absolute Gasteiger partial charge is 0.223 e. The zero-order chi connectivity index (χ0) is 23.0. The monoisotopic (exact) mass is 460 g/mol. The van der Waals surface area contributed by atoms with Gasteiger partial charge in [0.2, 0.25) is 5.95 Å². The normalized spacial score (nSPS) is 19.8. The summed E-state index contributed by atoms with van der Waals surface area (Å²) in [5, 5.41) is 9.88. The van der Waals surface area contributed by atoms with Gasteiger partial charge in [0.15, 0.2) is 5.78 Å². The summed E-state index contributed by atoms with van der Waals surface area (Å²) in [4.78, 5) is 30.6. The number of rotatable bonds is 5. The molecule has 0 bridgehead atoms. The average Bonchev–Trinajstić information content (AvgIpc) is 2.74. The molecular formula is C22H29ClN6O3. The van der Waals surface area contributed by atoms with E-state index in [0.717, 1.165) is 35.7 Å². The fourth-order valence-corrected chi connectivity index (χ4v) is 4.89. The Labute approximate surface area is 192 Å². The molecule has 2 aromatic heterocycles. The summed E-state index contributed by atoms with van der Waals surface area (Å²) in [6.07, 6.45) is 2.96. The molecule has 0 aromatic carbocycles. The lowest BCUT2D eigenvalue weighted by Crippen LogP contribution is -2.47. The van der Waals surface area contributed by atoms with Crippen molar-refractivity contribution < 1.29 is 14.6 Å². The number of aryl methyl sites for hydroxylation is 1. The number of aromatic nitrogens is 3. The Balaban J connectivity index is 1.67. The van der Waals surface area contributed by atoms with E-state index in [2.05, 4.69) is 19.9 Å². The van der Waals surface area contributed by atoms with Crippen LogP contribution in [0.5, 0.6) is 5.75 Å². The van der Waals surface area contributed by atoms with Crippen molar-refractivity contribution in [2.24, 2.45) is 5.92 Å². The van der Waals surface area contributed by atoms with E-state index in [-0.39, 0.29) is 28.9 Å². The van der Waals surface area contributed by atoms with E-state index in [9.17, 15) is 9.90 Å². The van der Waals surface area contributed by atoms with E-state index in [1.165, 1.54) is 0 Å². The van der Waals surface area contributed by atoms with Gasteiger partial charge in [0.25, 0.3) is 0 Å². The van der Waals surface area contributed by atoms with E-state index in [1.54, 1.807) is 13.3 Å². The third-order valence-corrected chi connectivity index (χ3v) is 6.62. The number of halogens is 1. The summed E-state index contributed by atoms with van der Waals surface area (Å²) in [5.41, 5.74) is 8.92. The molecule has 0 spiro atoms. The number of piperidine rings is 1. The number of ketones is 1. The van der Waals surface area contributed by atoms with E-state index in [0.29, 0.717) is 43.9 Å². The van der Waals surface area contributed by atoms with Crippen LogP contribution in [0.1, 0.15) is 40.0 Å². The Morgan fingerprint density at radius 1 is 1.28 bits per heavy atom. The zero-order valence-electron chi connectivity index (χ0n) is 18.6. The molecule has 1 unspecified atom stereocenters. The number of aliphatic hydroxyl groups excluding tert-OH is 1. The summed E-state index contributed by atoms with van der Waals surface area (Å²) >= 11 is 6.38. The molecule has 1 fully saturated rings. The Kier molecular flexibility index (Phi) is 6.50. The molecule has 2 aromatic rings. The standard InChI is InChI=1S/C22H29ClN6O3/c1-12-8-25-16(13(2)19(12)32-3)11-29-10-14(9-28-6-4-15(30)5-7-28)18(31)17-20(23)26-22(24)27-21(17)29/h8,14-15,30H,4-7,9-11H2,1-3H3,(H2,24,26,27). The summed E-state index contributed by atoms with van der Waals surface area (Å²) in [6, 6.07) is 0. The van der Waals surface area contributed by atoms with Gasteiger partial charge in [-0.1, -0.05) is 11.6 Å². The summed E-state index contributed by atoms with van der Waals surface area (Å²) in [7, 11) is 1.65. The quantitative estimate of drug-likeness (QED) is 0.646. The van der Waals surface area contributed by atoms with Gasteiger partial charge >= 0.3 is 0 Å². The first-order valence-corrected chi connectivity index (χ1v) is 11.2. The van der Waals surface area contributed by atoms with Crippen LogP contribution in [0, 0.1) is 19.8 Å². The van der Waals surface area contributed by atoms with Crippen molar-refractivity contribution in [2.45, 2.75) is 39.3 Å². The third kappa shape index (κ3) is 4.37. The summed E-state index contributed by atoms with van der Waals surface area (Å²) < 4.78 is 5.55. The molecule has 2 aliphatic heterocycles. The number of hydrogen-bond acceptors (Lipinski definition) is 9. The Hall–Kier alpha value is -2.49. The molecule has 1 atom stereocenters. The van der Waals surface area contributed by atoms with E-state index < -0.39 is 0 Å².